The highest BCUT2D eigenvalue weighted by Gasteiger charge is 2.61. The maximum atomic E-state index is 12.9. The van der Waals surface area contributed by atoms with E-state index < -0.39 is 17.1 Å². The molecule has 0 heterocycles. The maximum Gasteiger partial charge on any atom is 0.312 e. The number of aliphatic hydroxyl groups is 1. The minimum absolute atomic E-state index is 0.316. The number of ether oxygens (including phenoxy) is 1. The fraction of sp³-hybridized carbons (Fsp3) is 0.600. The standard InChI is InChI=1S/C20H24BrNO4/c1-12(17(23)22-16-4-2-15(21)3-5-16)26-18(24)19-7-13-6-14(8-19)10-20(25,9-13)11-19/h2-5,12-14,25H,6-11H2,1H3,(H,22,23)/t12-,13-,14+,19?,20?/m1/s1. The lowest BCUT2D eigenvalue weighted by molar-refractivity contribution is -0.199. The molecule has 4 saturated carbocycles. The number of halogens is 1. The van der Waals surface area contributed by atoms with Gasteiger partial charge in [0.2, 0.25) is 0 Å². The lowest BCUT2D eigenvalue weighted by Gasteiger charge is -2.58. The predicted molar refractivity (Wildman–Crippen MR) is 100 cm³/mol. The van der Waals surface area contributed by atoms with Crippen LogP contribution in [0.4, 0.5) is 5.69 Å². The van der Waals surface area contributed by atoms with Crippen molar-refractivity contribution in [2.75, 3.05) is 5.32 Å². The molecule has 2 N–H and O–H groups in total. The van der Waals surface area contributed by atoms with Crippen LogP contribution in [0.2, 0.25) is 0 Å². The average Bonchev–Trinajstić information content (AvgIpc) is 2.54. The Kier molecular flexibility index (Phi) is 4.39. The molecule has 5 atom stereocenters. The van der Waals surface area contributed by atoms with E-state index in [1.165, 1.54) is 0 Å². The molecule has 2 unspecified atom stereocenters. The normalized spacial score (nSPS) is 35.8. The molecule has 1 aromatic rings. The molecule has 26 heavy (non-hydrogen) atoms. The zero-order chi connectivity index (χ0) is 18.5. The van der Waals surface area contributed by atoms with E-state index in [1.54, 1.807) is 19.1 Å². The smallest absolute Gasteiger partial charge is 0.312 e. The van der Waals surface area contributed by atoms with Gasteiger partial charge in [0.05, 0.1) is 11.0 Å². The second kappa shape index (κ2) is 6.34. The van der Waals surface area contributed by atoms with Crippen molar-refractivity contribution in [3.8, 4) is 0 Å². The van der Waals surface area contributed by atoms with E-state index >= 15 is 0 Å². The molecule has 4 aliphatic rings. The number of benzene rings is 1. The third-order valence-electron chi connectivity index (χ3n) is 6.23. The third kappa shape index (κ3) is 3.29. The van der Waals surface area contributed by atoms with E-state index in [0.29, 0.717) is 23.9 Å². The van der Waals surface area contributed by atoms with Gasteiger partial charge >= 0.3 is 5.97 Å². The summed E-state index contributed by atoms with van der Waals surface area (Å²) in [5, 5.41) is 13.6. The Balaban J connectivity index is 1.41. The van der Waals surface area contributed by atoms with Crippen molar-refractivity contribution in [3.05, 3.63) is 28.7 Å². The van der Waals surface area contributed by atoms with Crippen LogP contribution in [-0.2, 0) is 14.3 Å². The van der Waals surface area contributed by atoms with Gasteiger partial charge in [-0.2, -0.15) is 0 Å². The summed E-state index contributed by atoms with van der Waals surface area (Å²) >= 11 is 3.35. The van der Waals surface area contributed by atoms with Crippen LogP contribution in [0.25, 0.3) is 0 Å². The molecule has 1 aromatic carbocycles. The van der Waals surface area contributed by atoms with Crippen molar-refractivity contribution < 1.29 is 19.4 Å². The SMILES string of the molecule is C[C@@H](OC(=O)C12C[C@@H]3C[C@@H](CC(O)(C3)C1)C2)C(=O)Nc1ccc(Br)cc1. The van der Waals surface area contributed by atoms with Crippen LogP contribution in [0.3, 0.4) is 0 Å². The van der Waals surface area contributed by atoms with Crippen LogP contribution in [0, 0.1) is 17.3 Å². The predicted octanol–water partition coefficient (Wildman–Crippen LogP) is 3.65. The molecule has 0 spiro atoms. The average molecular weight is 422 g/mol. The number of rotatable bonds is 4. The highest BCUT2D eigenvalue weighted by molar-refractivity contribution is 9.10. The van der Waals surface area contributed by atoms with Crippen LogP contribution in [0.15, 0.2) is 28.7 Å². The monoisotopic (exact) mass is 421 g/mol. The van der Waals surface area contributed by atoms with E-state index in [2.05, 4.69) is 21.2 Å². The highest BCUT2D eigenvalue weighted by Crippen LogP contribution is 2.62. The molecule has 4 fully saturated rings. The Morgan fingerprint density at radius 1 is 1.19 bits per heavy atom. The second-order valence-electron chi connectivity index (χ2n) is 8.51. The molecule has 5 rings (SSSR count). The van der Waals surface area contributed by atoms with Crippen LogP contribution >= 0.6 is 15.9 Å². The zero-order valence-corrected chi connectivity index (χ0v) is 16.4. The molecular formula is C20H24BrNO4. The number of carbonyl (C=O) groups is 2. The first kappa shape index (κ1) is 18.0. The van der Waals surface area contributed by atoms with E-state index in [1.807, 2.05) is 12.1 Å². The summed E-state index contributed by atoms with van der Waals surface area (Å²) in [5.74, 6) is 0.147. The van der Waals surface area contributed by atoms with Gasteiger partial charge in [0, 0.05) is 10.2 Å². The van der Waals surface area contributed by atoms with Crippen molar-refractivity contribution in [1.82, 2.24) is 0 Å². The molecule has 4 aliphatic carbocycles. The van der Waals surface area contributed by atoms with E-state index in [0.717, 1.165) is 36.6 Å². The summed E-state index contributed by atoms with van der Waals surface area (Å²) in [6, 6.07) is 7.24. The summed E-state index contributed by atoms with van der Waals surface area (Å²) in [6.07, 6.45) is 3.89. The van der Waals surface area contributed by atoms with Crippen LogP contribution < -0.4 is 5.32 Å². The first-order valence-corrected chi connectivity index (χ1v) is 10.1. The van der Waals surface area contributed by atoms with E-state index in [-0.39, 0.29) is 11.9 Å². The minimum Gasteiger partial charge on any atom is -0.452 e. The summed E-state index contributed by atoms with van der Waals surface area (Å²) < 4.78 is 6.49. The van der Waals surface area contributed by atoms with Gasteiger partial charge in [0.15, 0.2) is 6.10 Å². The second-order valence-corrected chi connectivity index (χ2v) is 9.43. The maximum absolute atomic E-state index is 12.9. The van der Waals surface area contributed by atoms with Crippen molar-refractivity contribution in [2.24, 2.45) is 17.3 Å². The Bertz CT molecular complexity index is 718. The van der Waals surface area contributed by atoms with Gasteiger partial charge in [-0.05, 0) is 81.5 Å². The van der Waals surface area contributed by atoms with Crippen LogP contribution in [0.1, 0.15) is 45.4 Å². The third-order valence-corrected chi connectivity index (χ3v) is 6.76. The number of amides is 1. The first-order chi connectivity index (χ1) is 12.3. The molecule has 4 bridgehead atoms. The molecule has 5 nitrogen and oxygen atoms in total. The molecule has 0 radical (unpaired) electrons. The van der Waals surface area contributed by atoms with Crippen molar-refractivity contribution in [2.45, 2.75) is 57.2 Å². The Hall–Kier alpha value is -1.40. The Morgan fingerprint density at radius 2 is 1.81 bits per heavy atom. The van der Waals surface area contributed by atoms with Crippen LogP contribution in [0.5, 0.6) is 0 Å². The van der Waals surface area contributed by atoms with Crippen molar-refractivity contribution in [1.29, 1.82) is 0 Å². The first-order valence-electron chi connectivity index (χ1n) is 9.27. The van der Waals surface area contributed by atoms with Gasteiger partial charge in [-0.25, -0.2) is 0 Å². The number of esters is 1. The number of nitrogens with one attached hydrogen (secondary N) is 1. The largest absolute Gasteiger partial charge is 0.452 e. The lowest BCUT2D eigenvalue weighted by Crippen LogP contribution is -2.59. The van der Waals surface area contributed by atoms with E-state index in [9.17, 15) is 14.7 Å². The van der Waals surface area contributed by atoms with Crippen molar-refractivity contribution in [3.63, 3.8) is 0 Å². The Labute approximate surface area is 161 Å². The number of hydrogen-bond donors (Lipinski definition) is 2. The topological polar surface area (TPSA) is 75.6 Å². The molecule has 0 aliphatic heterocycles. The van der Waals surface area contributed by atoms with Crippen LogP contribution in [-0.4, -0.2) is 28.7 Å². The van der Waals surface area contributed by atoms with Gasteiger partial charge in [0.1, 0.15) is 0 Å². The van der Waals surface area contributed by atoms with Gasteiger partial charge in [-0.3, -0.25) is 9.59 Å². The molecular weight excluding hydrogens is 398 g/mol. The number of carbonyl (C=O) groups excluding carboxylic acids is 2. The van der Waals surface area contributed by atoms with Crippen molar-refractivity contribution >= 4 is 33.5 Å². The molecule has 140 valence electrons. The molecule has 6 heteroatoms. The summed E-state index contributed by atoms with van der Waals surface area (Å²) in [6.45, 7) is 1.60. The summed E-state index contributed by atoms with van der Waals surface area (Å²) in [5.41, 5.74) is -0.665. The Morgan fingerprint density at radius 3 is 2.38 bits per heavy atom. The molecule has 0 aromatic heterocycles. The summed E-state index contributed by atoms with van der Waals surface area (Å²) in [4.78, 5) is 25.3. The van der Waals surface area contributed by atoms with E-state index in [4.69, 9.17) is 4.74 Å². The fourth-order valence-electron chi connectivity index (χ4n) is 5.57. The zero-order valence-electron chi connectivity index (χ0n) is 14.8. The molecule has 0 saturated heterocycles. The van der Waals surface area contributed by atoms with Gasteiger partial charge in [-0.15, -0.1) is 0 Å². The molecule has 1 amide bonds. The summed E-state index contributed by atoms with van der Waals surface area (Å²) in [7, 11) is 0. The lowest BCUT2D eigenvalue weighted by atomic mass is 9.48. The fourth-order valence-corrected chi connectivity index (χ4v) is 5.83. The minimum atomic E-state index is -0.867. The quantitative estimate of drug-likeness (QED) is 0.727. The highest BCUT2D eigenvalue weighted by atomic mass is 79.9. The number of anilines is 1. The number of hydrogen-bond acceptors (Lipinski definition) is 4. The van der Waals surface area contributed by atoms with Gasteiger partial charge in [-0.1, -0.05) is 15.9 Å². The van der Waals surface area contributed by atoms with Gasteiger partial charge < -0.3 is 15.2 Å². The van der Waals surface area contributed by atoms with Gasteiger partial charge in [0.25, 0.3) is 5.91 Å².